The molecule has 0 fully saturated rings. The number of unbranched alkanes of at least 4 members (excludes halogenated alkanes) is 16. The maximum Gasteiger partial charge on any atom is 0.306 e. The van der Waals surface area contributed by atoms with E-state index in [0.717, 1.165) is 38.5 Å². The van der Waals surface area contributed by atoms with E-state index in [4.69, 9.17) is 20.9 Å². The van der Waals surface area contributed by atoms with Crippen LogP contribution in [0.3, 0.4) is 0 Å². The molecule has 0 aromatic rings. The summed E-state index contributed by atoms with van der Waals surface area (Å²) in [4.78, 5) is 36.8. The number of esters is 2. The number of thioether (sulfide) groups is 1. The van der Waals surface area contributed by atoms with Gasteiger partial charge in [0.1, 0.15) is 12.7 Å². The van der Waals surface area contributed by atoms with Gasteiger partial charge in [-0.25, -0.2) is 0 Å². The lowest BCUT2D eigenvalue weighted by Crippen LogP contribution is -2.44. The topological polar surface area (TPSA) is 134 Å². The Morgan fingerprint density at radius 1 is 0.683 bits per heavy atom. The van der Waals surface area contributed by atoms with Gasteiger partial charge in [-0.15, -0.1) is 0 Å². The van der Waals surface area contributed by atoms with Gasteiger partial charge in [0.15, 0.2) is 0 Å². The molecule has 2 atom stereocenters. The number of amides is 1. The van der Waals surface area contributed by atoms with Gasteiger partial charge < -0.3 is 26.3 Å². The van der Waals surface area contributed by atoms with Gasteiger partial charge >= 0.3 is 11.9 Å². The highest BCUT2D eigenvalue weighted by molar-refractivity contribution is 7.99. The van der Waals surface area contributed by atoms with Crippen LogP contribution in [-0.4, -0.2) is 61.2 Å². The Labute approximate surface area is 255 Å². The van der Waals surface area contributed by atoms with Crippen LogP contribution >= 0.6 is 11.8 Å². The van der Waals surface area contributed by atoms with Crippen LogP contribution in [0.25, 0.3) is 0 Å². The lowest BCUT2D eigenvalue weighted by Gasteiger charge is -2.19. The summed E-state index contributed by atoms with van der Waals surface area (Å²) < 4.78 is 11.2. The van der Waals surface area contributed by atoms with E-state index in [0.29, 0.717) is 37.4 Å². The standard InChI is InChI=1S/C32H63N3O5S/c1-3-5-7-9-11-13-15-17-19-21-30(36)39-25-28(26-41-27-29(34)32(38)35-24-23-33)40-31(37)22-20-18-16-14-12-10-8-6-4-2/h28-29H,3-27,33-34H2,1-2H3,(H,35,38)/t28-,29+/m1/s1. The molecule has 8 nitrogen and oxygen atoms in total. The minimum Gasteiger partial charge on any atom is -0.462 e. The molecule has 0 aliphatic heterocycles. The van der Waals surface area contributed by atoms with Crippen molar-refractivity contribution in [2.45, 2.75) is 154 Å². The SMILES string of the molecule is CCCCCCCCCCCC(=O)OC[C@H](CSC[C@H](N)C(=O)NCCN)OC(=O)CCCCCCCCCCC. The van der Waals surface area contributed by atoms with Crippen LogP contribution in [0.2, 0.25) is 0 Å². The molecule has 0 unspecified atom stereocenters. The van der Waals surface area contributed by atoms with Crippen molar-refractivity contribution in [2.75, 3.05) is 31.2 Å². The quantitative estimate of drug-likeness (QED) is 0.0634. The summed E-state index contributed by atoms with van der Waals surface area (Å²) in [7, 11) is 0. The molecular weight excluding hydrogens is 538 g/mol. The van der Waals surface area contributed by atoms with E-state index in [1.165, 1.54) is 88.8 Å². The molecule has 0 rings (SSSR count). The highest BCUT2D eigenvalue weighted by atomic mass is 32.2. The molecule has 0 radical (unpaired) electrons. The minimum absolute atomic E-state index is 0.0291. The highest BCUT2D eigenvalue weighted by Gasteiger charge is 2.19. The molecule has 0 aromatic carbocycles. The highest BCUT2D eigenvalue weighted by Crippen LogP contribution is 2.14. The van der Waals surface area contributed by atoms with E-state index in [2.05, 4.69) is 19.2 Å². The van der Waals surface area contributed by atoms with Gasteiger partial charge in [-0.05, 0) is 12.8 Å². The third kappa shape index (κ3) is 27.3. The lowest BCUT2D eigenvalue weighted by atomic mass is 10.1. The zero-order valence-electron chi connectivity index (χ0n) is 26.4. The summed E-state index contributed by atoms with van der Waals surface area (Å²) >= 11 is 1.42. The Balaban J connectivity index is 4.37. The molecular formula is C32H63N3O5S. The normalized spacial score (nSPS) is 12.6. The Morgan fingerprint density at radius 2 is 1.15 bits per heavy atom. The zero-order valence-corrected chi connectivity index (χ0v) is 27.3. The zero-order chi connectivity index (χ0) is 30.4. The second kappa shape index (κ2) is 30.1. The van der Waals surface area contributed by atoms with E-state index in [9.17, 15) is 14.4 Å². The lowest BCUT2D eigenvalue weighted by molar-refractivity contribution is -0.157. The first-order valence-electron chi connectivity index (χ1n) is 16.6. The van der Waals surface area contributed by atoms with Crippen molar-refractivity contribution in [1.29, 1.82) is 0 Å². The van der Waals surface area contributed by atoms with Crippen molar-refractivity contribution < 1.29 is 23.9 Å². The molecule has 1 amide bonds. The van der Waals surface area contributed by atoms with E-state index < -0.39 is 12.1 Å². The fourth-order valence-electron chi connectivity index (χ4n) is 4.51. The summed E-state index contributed by atoms with van der Waals surface area (Å²) in [6.07, 6.45) is 21.5. The molecule has 0 aliphatic rings. The van der Waals surface area contributed by atoms with Crippen molar-refractivity contribution in [2.24, 2.45) is 11.5 Å². The fraction of sp³-hybridized carbons (Fsp3) is 0.906. The number of carbonyl (C=O) groups excluding carboxylic acids is 3. The number of hydrogen-bond donors (Lipinski definition) is 3. The van der Waals surface area contributed by atoms with Gasteiger partial charge in [-0.3, -0.25) is 14.4 Å². The second-order valence-electron chi connectivity index (χ2n) is 11.2. The van der Waals surface area contributed by atoms with Crippen LogP contribution in [0.5, 0.6) is 0 Å². The number of ether oxygens (including phenoxy) is 2. The molecule has 0 aromatic heterocycles. The van der Waals surface area contributed by atoms with Gasteiger partial charge in [0, 0.05) is 37.4 Å². The monoisotopic (exact) mass is 601 g/mol. The number of nitrogens with two attached hydrogens (primary N) is 2. The molecule has 0 bridgehead atoms. The first-order valence-corrected chi connectivity index (χ1v) is 17.8. The molecule has 0 aliphatic carbocycles. The van der Waals surface area contributed by atoms with Crippen molar-refractivity contribution in [3.63, 3.8) is 0 Å². The average Bonchev–Trinajstić information content (AvgIpc) is 2.96. The first kappa shape index (κ1) is 39.7. The van der Waals surface area contributed by atoms with E-state index in [-0.39, 0.29) is 24.5 Å². The maximum absolute atomic E-state index is 12.5. The van der Waals surface area contributed by atoms with Crippen molar-refractivity contribution in [1.82, 2.24) is 5.32 Å². The molecule has 0 heterocycles. The Kier molecular flexibility index (Phi) is 29.2. The maximum atomic E-state index is 12.5. The number of nitrogens with one attached hydrogen (secondary N) is 1. The molecule has 5 N–H and O–H groups in total. The van der Waals surface area contributed by atoms with Gasteiger partial charge in [-0.2, -0.15) is 11.8 Å². The van der Waals surface area contributed by atoms with Crippen LogP contribution in [0, 0.1) is 0 Å². The summed E-state index contributed by atoms with van der Waals surface area (Å²) in [5.74, 6) is 0.00506. The van der Waals surface area contributed by atoms with Gasteiger partial charge in [0.2, 0.25) is 5.91 Å². The van der Waals surface area contributed by atoms with Crippen LogP contribution in [-0.2, 0) is 23.9 Å². The number of rotatable bonds is 30. The summed E-state index contributed by atoms with van der Waals surface area (Å²) in [6, 6.07) is -0.681. The molecule has 242 valence electrons. The Hall–Kier alpha value is -1.32. The molecule has 9 heteroatoms. The van der Waals surface area contributed by atoms with Crippen molar-refractivity contribution >= 4 is 29.6 Å². The van der Waals surface area contributed by atoms with Crippen molar-refractivity contribution in [3.8, 4) is 0 Å². The molecule has 0 saturated carbocycles. The second-order valence-corrected chi connectivity index (χ2v) is 12.3. The summed E-state index contributed by atoms with van der Waals surface area (Å²) in [6.45, 7) is 5.22. The summed E-state index contributed by atoms with van der Waals surface area (Å²) in [5, 5.41) is 2.68. The largest absolute Gasteiger partial charge is 0.462 e. The van der Waals surface area contributed by atoms with E-state index >= 15 is 0 Å². The Bertz CT molecular complexity index is 638. The molecule has 41 heavy (non-hydrogen) atoms. The van der Waals surface area contributed by atoms with E-state index in [1.807, 2.05) is 0 Å². The van der Waals surface area contributed by atoms with Crippen LogP contribution in [0.15, 0.2) is 0 Å². The molecule has 0 saturated heterocycles. The summed E-state index contributed by atoms with van der Waals surface area (Å²) in [5.41, 5.74) is 11.4. The molecule has 0 spiro atoms. The predicted octanol–water partition coefficient (Wildman–Crippen LogP) is 6.42. The van der Waals surface area contributed by atoms with Gasteiger partial charge in [0.25, 0.3) is 0 Å². The smallest absolute Gasteiger partial charge is 0.306 e. The van der Waals surface area contributed by atoms with E-state index in [1.54, 1.807) is 0 Å². The average molecular weight is 602 g/mol. The predicted molar refractivity (Wildman–Crippen MR) is 172 cm³/mol. The van der Waals surface area contributed by atoms with Gasteiger partial charge in [0.05, 0.1) is 6.04 Å². The minimum atomic E-state index is -0.681. The van der Waals surface area contributed by atoms with Crippen LogP contribution in [0.1, 0.15) is 142 Å². The third-order valence-electron chi connectivity index (χ3n) is 7.08. The van der Waals surface area contributed by atoms with Crippen LogP contribution in [0.4, 0.5) is 0 Å². The fourth-order valence-corrected chi connectivity index (χ4v) is 5.48. The number of carbonyl (C=O) groups is 3. The Morgan fingerprint density at radius 3 is 1.63 bits per heavy atom. The van der Waals surface area contributed by atoms with Gasteiger partial charge in [-0.1, -0.05) is 117 Å². The van der Waals surface area contributed by atoms with Crippen molar-refractivity contribution in [3.05, 3.63) is 0 Å². The van der Waals surface area contributed by atoms with Crippen LogP contribution < -0.4 is 16.8 Å². The number of hydrogen-bond acceptors (Lipinski definition) is 8. The third-order valence-corrected chi connectivity index (χ3v) is 8.28. The first-order chi connectivity index (χ1) is 19.9.